The van der Waals surface area contributed by atoms with E-state index in [-0.39, 0.29) is 6.04 Å². The van der Waals surface area contributed by atoms with Gasteiger partial charge in [0.25, 0.3) is 0 Å². The van der Waals surface area contributed by atoms with Crippen LogP contribution >= 0.6 is 0 Å². The summed E-state index contributed by atoms with van der Waals surface area (Å²) in [4.78, 5) is 29.8. The van der Waals surface area contributed by atoms with Crippen molar-refractivity contribution in [3.63, 3.8) is 0 Å². The highest BCUT2D eigenvalue weighted by Crippen LogP contribution is 2.37. The third-order valence-corrected chi connectivity index (χ3v) is 6.26. The van der Waals surface area contributed by atoms with Crippen molar-refractivity contribution < 1.29 is 9.53 Å². The Morgan fingerprint density at radius 2 is 1.94 bits per heavy atom. The lowest BCUT2D eigenvalue weighted by molar-refractivity contribution is 0.167. The van der Waals surface area contributed by atoms with Gasteiger partial charge in [0.2, 0.25) is 11.8 Å². The number of nitrogens with one attached hydrogen (secondary N) is 2. The summed E-state index contributed by atoms with van der Waals surface area (Å²) in [6.07, 6.45) is 7.63. The predicted molar refractivity (Wildman–Crippen MR) is 127 cm³/mol. The van der Waals surface area contributed by atoms with E-state index in [1.54, 1.807) is 20.3 Å². The second kappa shape index (κ2) is 9.22. The molecule has 1 aliphatic carbocycles. The number of carbonyl (C=O) groups excluding carboxylic acids is 1. The number of amides is 1. The zero-order valence-electron chi connectivity index (χ0n) is 19.1. The summed E-state index contributed by atoms with van der Waals surface area (Å²) in [6.45, 7) is 3.93. The number of hydrogen-bond donors (Lipinski definition) is 2. The monoisotopic (exact) mass is 450 g/mol. The number of pyridine rings is 1. The highest BCUT2D eigenvalue weighted by molar-refractivity contribution is 5.81. The van der Waals surface area contributed by atoms with Crippen molar-refractivity contribution in [2.75, 3.05) is 50.5 Å². The molecule has 2 aliphatic rings. The second-order valence-corrected chi connectivity index (χ2v) is 8.79. The van der Waals surface area contributed by atoms with Gasteiger partial charge in [-0.2, -0.15) is 4.98 Å². The number of ether oxygens (including phenoxy) is 1. The minimum absolute atomic E-state index is 0.256. The smallest absolute Gasteiger partial charge is 0.393 e. The maximum Gasteiger partial charge on any atom is 0.415 e. The van der Waals surface area contributed by atoms with E-state index in [1.807, 2.05) is 18.3 Å². The van der Waals surface area contributed by atoms with Crippen molar-refractivity contribution >= 4 is 34.6 Å². The van der Waals surface area contributed by atoms with Gasteiger partial charge in [-0.1, -0.05) is 12.8 Å². The van der Waals surface area contributed by atoms with E-state index in [1.165, 1.54) is 4.90 Å². The van der Waals surface area contributed by atoms with Gasteiger partial charge in [0.15, 0.2) is 0 Å². The van der Waals surface area contributed by atoms with E-state index in [2.05, 4.69) is 36.1 Å². The zero-order valence-corrected chi connectivity index (χ0v) is 19.1. The fourth-order valence-electron chi connectivity index (χ4n) is 4.50. The minimum atomic E-state index is -0.405. The lowest BCUT2D eigenvalue weighted by atomic mass is 10.2. The quantitative estimate of drug-likeness (QED) is 0.611. The second-order valence-electron chi connectivity index (χ2n) is 8.79. The van der Waals surface area contributed by atoms with Crippen molar-refractivity contribution in [3.8, 4) is 5.88 Å². The molecule has 3 aromatic heterocycles. The van der Waals surface area contributed by atoms with E-state index >= 15 is 0 Å². The molecule has 1 amide bonds. The van der Waals surface area contributed by atoms with Crippen molar-refractivity contribution in [2.24, 2.45) is 0 Å². The third-order valence-electron chi connectivity index (χ3n) is 6.26. The van der Waals surface area contributed by atoms with Crippen LogP contribution in [0.25, 0.3) is 11.0 Å². The molecule has 10 heteroatoms. The fraction of sp³-hybridized carbons (Fsp3) is 0.478. The van der Waals surface area contributed by atoms with Crippen LogP contribution in [0.2, 0.25) is 0 Å². The Bertz CT molecular complexity index is 1120. The SMILES string of the molecule is CN(C)C(=O)Oc1cc2cnc(Nc3ccc(N4CCNCC4)cn3)nc2n1C1CCCC1. The van der Waals surface area contributed by atoms with Crippen LogP contribution in [0, 0.1) is 0 Å². The summed E-state index contributed by atoms with van der Waals surface area (Å²) in [6, 6.07) is 6.12. The maximum absolute atomic E-state index is 12.2. The van der Waals surface area contributed by atoms with E-state index in [0.29, 0.717) is 17.6 Å². The zero-order chi connectivity index (χ0) is 22.8. The average Bonchev–Trinajstić information content (AvgIpc) is 3.47. The molecule has 0 radical (unpaired) electrons. The third kappa shape index (κ3) is 4.56. The Kier molecular flexibility index (Phi) is 5.99. The van der Waals surface area contributed by atoms with Crippen LogP contribution in [0.3, 0.4) is 0 Å². The van der Waals surface area contributed by atoms with Gasteiger partial charge in [0.1, 0.15) is 11.5 Å². The molecule has 174 valence electrons. The first kappa shape index (κ1) is 21.4. The predicted octanol–water partition coefficient (Wildman–Crippen LogP) is 3.16. The van der Waals surface area contributed by atoms with Gasteiger partial charge in [0, 0.05) is 64.0 Å². The Morgan fingerprint density at radius 3 is 2.64 bits per heavy atom. The largest absolute Gasteiger partial charge is 0.415 e. The molecule has 1 aliphatic heterocycles. The van der Waals surface area contributed by atoms with Gasteiger partial charge in [-0.05, 0) is 25.0 Å². The average molecular weight is 451 g/mol. The number of aromatic nitrogens is 4. The van der Waals surface area contributed by atoms with Gasteiger partial charge in [0.05, 0.1) is 11.9 Å². The Hall–Kier alpha value is -3.40. The number of anilines is 3. The minimum Gasteiger partial charge on any atom is -0.393 e. The molecule has 33 heavy (non-hydrogen) atoms. The van der Waals surface area contributed by atoms with Gasteiger partial charge in [-0.25, -0.2) is 14.8 Å². The van der Waals surface area contributed by atoms with E-state index in [4.69, 9.17) is 9.72 Å². The number of carbonyl (C=O) groups is 1. The van der Waals surface area contributed by atoms with Crippen LogP contribution in [0.4, 0.5) is 22.2 Å². The molecule has 0 bridgehead atoms. The lowest BCUT2D eigenvalue weighted by Gasteiger charge is -2.29. The van der Waals surface area contributed by atoms with Crippen LogP contribution in [0.15, 0.2) is 30.6 Å². The molecule has 0 spiro atoms. The Balaban J connectivity index is 1.41. The highest BCUT2D eigenvalue weighted by Gasteiger charge is 2.25. The van der Waals surface area contributed by atoms with E-state index in [9.17, 15) is 4.79 Å². The van der Waals surface area contributed by atoms with Crippen LogP contribution in [0.5, 0.6) is 5.88 Å². The normalized spacial score (nSPS) is 16.8. The van der Waals surface area contributed by atoms with Crippen LogP contribution < -0.4 is 20.3 Å². The molecule has 1 saturated carbocycles. The number of fused-ring (bicyclic) bond motifs is 1. The highest BCUT2D eigenvalue weighted by atomic mass is 16.6. The van der Waals surface area contributed by atoms with Gasteiger partial charge in [-0.3, -0.25) is 4.57 Å². The first-order valence-corrected chi connectivity index (χ1v) is 11.5. The fourth-order valence-corrected chi connectivity index (χ4v) is 4.50. The van der Waals surface area contributed by atoms with Gasteiger partial charge in [-0.15, -0.1) is 0 Å². The standard InChI is InChI=1S/C23H30N8O2/c1-29(2)23(32)33-20-13-16-14-26-22(28-21(16)31(20)17-5-3-4-6-17)27-19-8-7-18(15-25-19)30-11-9-24-10-12-30/h7-8,13-15,17,24H,3-6,9-12H2,1-2H3,(H,25,26,27,28). The number of rotatable bonds is 5. The van der Waals surface area contributed by atoms with Crippen molar-refractivity contribution in [1.29, 1.82) is 0 Å². The summed E-state index contributed by atoms with van der Waals surface area (Å²) in [7, 11) is 3.35. The van der Waals surface area contributed by atoms with Crippen LogP contribution in [-0.2, 0) is 0 Å². The summed E-state index contributed by atoms with van der Waals surface area (Å²) >= 11 is 0. The Labute approximate surface area is 193 Å². The van der Waals surface area contributed by atoms with Crippen LogP contribution in [0.1, 0.15) is 31.7 Å². The van der Waals surface area contributed by atoms with Crippen molar-refractivity contribution in [2.45, 2.75) is 31.7 Å². The molecule has 0 aromatic carbocycles. The topological polar surface area (TPSA) is 100 Å². The molecule has 10 nitrogen and oxygen atoms in total. The summed E-state index contributed by atoms with van der Waals surface area (Å²) < 4.78 is 7.73. The first-order valence-electron chi connectivity index (χ1n) is 11.5. The maximum atomic E-state index is 12.2. The van der Waals surface area contributed by atoms with Crippen LogP contribution in [-0.4, -0.2) is 70.8 Å². The van der Waals surface area contributed by atoms with E-state index in [0.717, 1.165) is 68.6 Å². The summed E-state index contributed by atoms with van der Waals surface area (Å²) in [5.41, 5.74) is 1.87. The molecule has 2 fully saturated rings. The van der Waals surface area contributed by atoms with Gasteiger partial charge >= 0.3 is 6.09 Å². The number of hydrogen-bond acceptors (Lipinski definition) is 8. The first-order chi connectivity index (χ1) is 16.1. The molecule has 0 atom stereocenters. The molecule has 3 aromatic rings. The summed E-state index contributed by atoms with van der Waals surface area (Å²) in [5.74, 6) is 1.67. The Morgan fingerprint density at radius 1 is 1.15 bits per heavy atom. The molecule has 1 saturated heterocycles. The lowest BCUT2D eigenvalue weighted by Crippen LogP contribution is -2.43. The summed E-state index contributed by atoms with van der Waals surface area (Å²) in [5, 5.41) is 7.42. The van der Waals surface area contributed by atoms with Crippen molar-refractivity contribution in [3.05, 3.63) is 30.6 Å². The van der Waals surface area contributed by atoms with E-state index < -0.39 is 6.09 Å². The number of nitrogens with zero attached hydrogens (tertiary/aromatic N) is 6. The molecule has 5 rings (SSSR count). The molecule has 4 heterocycles. The molecule has 0 unspecified atom stereocenters. The van der Waals surface area contributed by atoms with Crippen molar-refractivity contribution in [1.82, 2.24) is 29.7 Å². The molecule has 2 N–H and O–H groups in total. The molecular formula is C23H30N8O2. The molecular weight excluding hydrogens is 420 g/mol. The number of piperazine rings is 1. The van der Waals surface area contributed by atoms with Gasteiger partial charge < -0.3 is 25.2 Å².